The van der Waals surface area contributed by atoms with Crippen molar-refractivity contribution in [3.05, 3.63) is 27.5 Å². The van der Waals surface area contributed by atoms with E-state index in [2.05, 4.69) is 13.0 Å². The molecule has 0 atom stereocenters. The zero-order chi connectivity index (χ0) is 8.27. The highest BCUT2D eigenvalue weighted by molar-refractivity contribution is 7.13. The first-order valence-electron chi connectivity index (χ1n) is 3.43. The van der Waals surface area contributed by atoms with Crippen LogP contribution in [-0.4, -0.2) is 6.29 Å². The van der Waals surface area contributed by atoms with E-state index in [0.29, 0.717) is 0 Å². The first kappa shape index (κ1) is 8.21. The highest BCUT2D eigenvalue weighted by Gasteiger charge is 1.97. The lowest BCUT2D eigenvalue weighted by atomic mass is 10.2. The van der Waals surface area contributed by atoms with Gasteiger partial charge in [0, 0.05) is 9.75 Å². The minimum absolute atomic E-state index is 0.800. The predicted molar refractivity (Wildman–Crippen MR) is 48.9 cm³/mol. The average molecular weight is 166 g/mol. The van der Waals surface area contributed by atoms with Crippen molar-refractivity contribution in [1.82, 2.24) is 0 Å². The van der Waals surface area contributed by atoms with Crippen LogP contribution in [0.1, 0.15) is 15.3 Å². The Morgan fingerprint density at radius 3 is 2.64 bits per heavy atom. The largest absolute Gasteiger partial charge is 0.299 e. The summed E-state index contributed by atoms with van der Waals surface area (Å²) in [5.74, 6) is 0. The molecular weight excluding hydrogens is 156 g/mol. The summed E-state index contributed by atoms with van der Waals surface area (Å²) in [4.78, 5) is 12.5. The monoisotopic (exact) mass is 166 g/mol. The predicted octanol–water partition coefficient (Wildman–Crippen LogP) is 2.58. The number of thiophene rings is 1. The molecule has 0 amide bonds. The van der Waals surface area contributed by atoms with Gasteiger partial charge in [-0.2, -0.15) is 0 Å². The molecule has 1 rings (SSSR count). The van der Waals surface area contributed by atoms with Crippen molar-refractivity contribution in [3.63, 3.8) is 0 Å². The molecule has 2 heteroatoms. The smallest absolute Gasteiger partial charge is 0.142 e. The molecule has 0 aliphatic rings. The average Bonchev–Trinajstić information content (AvgIpc) is 2.26. The van der Waals surface area contributed by atoms with Crippen molar-refractivity contribution in [1.29, 1.82) is 0 Å². The molecule has 1 aromatic rings. The van der Waals surface area contributed by atoms with Gasteiger partial charge >= 0.3 is 0 Å². The molecule has 0 bridgehead atoms. The summed E-state index contributed by atoms with van der Waals surface area (Å²) in [6.07, 6.45) is 4.17. The van der Waals surface area contributed by atoms with Crippen LogP contribution in [0.15, 0.2) is 12.1 Å². The van der Waals surface area contributed by atoms with Crippen molar-refractivity contribution in [2.75, 3.05) is 0 Å². The summed E-state index contributed by atoms with van der Waals surface area (Å²) in [7, 11) is 0. The fourth-order valence-electron chi connectivity index (χ4n) is 0.952. The van der Waals surface area contributed by atoms with Crippen molar-refractivity contribution in [3.8, 4) is 0 Å². The second kappa shape index (κ2) is 3.49. The van der Waals surface area contributed by atoms with Crippen LogP contribution in [0, 0.1) is 13.8 Å². The van der Waals surface area contributed by atoms with Crippen molar-refractivity contribution in [2.24, 2.45) is 0 Å². The second-order valence-electron chi connectivity index (χ2n) is 2.40. The molecule has 0 unspecified atom stereocenters. The molecule has 1 heterocycles. The molecule has 0 saturated heterocycles. The normalized spacial score (nSPS) is 10.7. The number of carbonyl (C=O) groups excluding carboxylic acids is 1. The Hall–Kier alpha value is -0.890. The lowest BCUT2D eigenvalue weighted by Crippen LogP contribution is -1.67. The maximum absolute atomic E-state index is 10.0. The van der Waals surface area contributed by atoms with Gasteiger partial charge in [0.25, 0.3) is 0 Å². The molecule has 0 radical (unpaired) electrons. The maximum atomic E-state index is 10.0. The van der Waals surface area contributed by atoms with Gasteiger partial charge in [0.1, 0.15) is 6.29 Å². The Bertz CT molecular complexity index is 284. The summed E-state index contributed by atoms with van der Waals surface area (Å²) in [6.45, 7) is 4.11. The van der Waals surface area contributed by atoms with E-state index < -0.39 is 0 Å². The van der Waals surface area contributed by atoms with E-state index in [1.165, 1.54) is 21.4 Å². The number of hydrogen-bond donors (Lipinski definition) is 0. The Labute approximate surface area is 70.4 Å². The van der Waals surface area contributed by atoms with E-state index in [-0.39, 0.29) is 0 Å². The van der Waals surface area contributed by atoms with E-state index in [1.54, 1.807) is 11.3 Å². The zero-order valence-electron chi connectivity index (χ0n) is 6.63. The molecule has 58 valence electrons. The molecule has 0 aliphatic carbocycles. The fourth-order valence-corrected chi connectivity index (χ4v) is 1.90. The van der Waals surface area contributed by atoms with Gasteiger partial charge in [-0.05, 0) is 37.6 Å². The molecule has 0 N–H and O–H groups in total. The number of hydrogen-bond acceptors (Lipinski definition) is 2. The summed E-state index contributed by atoms with van der Waals surface area (Å²) in [6, 6.07) is 2.12. The topological polar surface area (TPSA) is 17.1 Å². The first-order valence-corrected chi connectivity index (χ1v) is 4.24. The molecule has 1 nitrogen and oxygen atoms in total. The van der Waals surface area contributed by atoms with Crippen LogP contribution in [0.2, 0.25) is 0 Å². The fraction of sp³-hybridized carbons (Fsp3) is 0.222. The highest BCUT2D eigenvalue weighted by atomic mass is 32.1. The number of allylic oxidation sites excluding steroid dienone is 1. The van der Waals surface area contributed by atoms with Crippen LogP contribution < -0.4 is 0 Å². The number of carbonyl (C=O) groups is 1. The van der Waals surface area contributed by atoms with E-state index in [1.807, 2.05) is 13.0 Å². The Balaban J connectivity index is 2.93. The van der Waals surface area contributed by atoms with Gasteiger partial charge in [-0.15, -0.1) is 11.3 Å². The Kier molecular flexibility index (Phi) is 2.60. The van der Waals surface area contributed by atoms with Crippen LogP contribution in [0.3, 0.4) is 0 Å². The second-order valence-corrected chi connectivity index (χ2v) is 3.69. The Morgan fingerprint density at radius 1 is 1.45 bits per heavy atom. The van der Waals surface area contributed by atoms with Gasteiger partial charge in [-0.3, -0.25) is 4.79 Å². The van der Waals surface area contributed by atoms with Crippen LogP contribution in [0.4, 0.5) is 0 Å². The molecule has 0 spiro atoms. The van der Waals surface area contributed by atoms with Crippen LogP contribution in [0.25, 0.3) is 6.08 Å². The summed E-state index contributed by atoms with van der Waals surface area (Å²) in [5, 5.41) is 0. The molecule has 0 aromatic carbocycles. The quantitative estimate of drug-likeness (QED) is 0.487. The standard InChI is InChI=1S/C9H10OS/c1-7-6-8(2)11-9(7)4-3-5-10/h3-6H,1-2H3. The number of rotatable bonds is 2. The lowest BCUT2D eigenvalue weighted by Gasteiger charge is -1.84. The van der Waals surface area contributed by atoms with Gasteiger partial charge < -0.3 is 0 Å². The van der Waals surface area contributed by atoms with Gasteiger partial charge in [-0.1, -0.05) is 0 Å². The third-order valence-electron chi connectivity index (χ3n) is 1.41. The van der Waals surface area contributed by atoms with Crippen molar-refractivity contribution < 1.29 is 4.79 Å². The van der Waals surface area contributed by atoms with Crippen LogP contribution in [0.5, 0.6) is 0 Å². The summed E-state index contributed by atoms with van der Waals surface area (Å²) in [5.41, 5.74) is 1.24. The summed E-state index contributed by atoms with van der Waals surface area (Å²) >= 11 is 1.71. The van der Waals surface area contributed by atoms with E-state index in [4.69, 9.17) is 0 Å². The Morgan fingerprint density at radius 2 is 2.18 bits per heavy atom. The van der Waals surface area contributed by atoms with Gasteiger partial charge in [-0.25, -0.2) is 0 Å². The third-order valence-corrected chi connectivity index (χ3v) is 2.52. The SMILES string of the molecule is Cc1cc(C)c(C=CC=O)s1. The maximum Gasteiger partial charge on any atom is 0.142 e. The van der Waals surface area contributed by atoms with Gasteiger partial charge in [0.15, 0.2) is 0 Å². The van der Waals surface area contributed by atoms with E-state index >= 15 is 0 Å². The number of aldehydes is 1. The third kappa shape index (κ3) is 2.02. The van der Waals surface area contributed by atoms with Crippen molar-refractivity contribution in [2.45, 2.75) is 13.8 Å². The van der Waals surface area contributed by atoms with Crippen LogP contribution >= 0.6 is 11.3 Å². The van der Waals surface area contributed by atoms with Crippen molar-refractivity contribution >= 4 is 23.7 Å². The lowest BCUT2D eigenvalue weighted by molar-refractivity contribution is -0.104. The summed E-state index contributed by atoms with van der Waals surface area (Å²) < 4.78 is 0. The highest BCUT2D eigenvalue weighted by Crippen LogP contribution is 2.21. The van der Waals surface area contributed by atoms with E-state index in [0.717, 1.165) is 6.29 Å². The van der Waals surface area contributed by atoms with E-state index in [9.17, 15) is 4.79 Å². The molecular formula is C9H10OS. The molecule has 0 fully saturated rings. The zero-order valence-corrected chi connectivity index (χ0v) is 7.44. The molecule has 1 aromatic heterocycles. The van der Waals surface area contributed by atoms with Gasteiger partial charge in [0.05, 0.1) is 0 Å². The molecule has 11 heavy (non-hydrogen) atoms. The number of aryl methyl sites for hydroxylation is 2. The minimum atomic E-state index is 0.800. The minimum Gasteiger partial charge on any atom is -0.299 e. The first-order chi connectivity index (χ1) is 5.24. The van der Waals surface area contributed by atoms with Crippen LogP contribution in [-0.2, 0) is 4.79 Å². The molecule has 0 aliphatic heterocycles. The van der Waals surface area contributed by atoms with Gasteiger partial charge in [0.2, 0.25) is 0 Å². The molecule has 0 saturated carbocycles.